The lowest BCUT2D eigenvalue weighted by Gasteiger charge is -2.26. The van der Waals surface area contributed by atoms with E-state index in [1.165, 1.54) is 15.6 Å². The maximum atomic E-state index is 12.8. The summed E-state index contributed by atoms with van der Waals surface area (Å²) < 4.78 is 1.41. The zero-order chi connectivity index (χ0) is 18.7. The number of aryl methyl sites for hydroxylation is 1. The Bertz CT molecular complexity index is 831. The van der Waals surface area contributed by atoms with Crippen molar-refractivity contribution in [3.63, 3.8) is 0 Å². The molecule has 0 radical (unpaired) electrons. The quantitative estimate of drug-likeness (QED) is 0.875. The molecule has 1 aromatic heterocycles. The second kappa shape index (κ2) is 7.38. The molecule has 2 amide bonds. The molecule has 1 N–H and O–H groups in total. The molecule has 0 fully saturated rings. The maximum Gasteiger partial charge on any atom is 0.356 e. The van der Waals surface area contributed by atoms with Crippen LogP contribution in [0.25, 0.3) is 0 Å². The van der Waals surface area contributed by atoms with Gasteiger partial charge in [0.15, 0.2) is 5.69 Å². The van der Waals surface area contributed by atoms with Crippen LogP contribution in [-0.4, -0.2) is 57.2 Å². The summed E-state index contributed by atoms with van der Waals surface area (Å²) >= 11 is 0. The Balaban J connectivity index is 1.79. The molecule has 0 aliphatic carbocycles. The van der Waals surface area contributed by atoms with Crippen molar-refractivity contribution in [2.24, 2.45) is 0 Å². The lowest BCUT2D eigenvalue weighted by molar-refractivity contribution is -0.119. The number of amides is 2. The van der Waals surface area contributed by atoms with E-state index in [2.05, 4.69) is 5.10 Å². The van der Waals surface area contributed by atoms with Crippen LogP contribution in [0.1, 0.15) is 34.3 Å². The van der Waals surface area contributed by atoms with Crippen molar-refractivity contribution in [3.05, 3.63) is 47.8 Å². The minimum atomic E-state index is -1.18. The highest BCUT2D eigenvalue weighted by Crippen LogP contribution is 2.17. The van der Waals surface area contributed by atoms with Gasteiger partial charge in [0.2, 0.25) is 5.91 Å². The molecule has 0 saturated carbocycles. The predicted molar refractivity (Wildman–Crippen MR) is 94.2 cm³/mol. The normalized spacial score (nSPS) is 13.9. The highest BCUT2D eigenvalue weighted by Gasteiger charge is 2.28. The summed E-state index contributed by atoms with van der Waals surface area (Å²) in [5.74, 6) is -1.74. The number of likely N-dealkylation sites (N-methyl/N-ethyl adjacent to an activating group) is 1. The average Bonchev–Trinajstić information content (AvgIpc) is 3.00. The van der Waals surface area contributed by atoms with Gasteiger partial charge in [0.05, 0.1) is 0 Å². The molecular weight excluding hydrogens is 336 g/mol. The Morgan fingerprint density at radius 1 is 1.23 bits per heavy atom. The highest BCUT2D eigenvalue weighted by molar-refractivity contribution is 6.00. The molecule has 8 nitrogen and oxygen atoms in total. The molecule has 2 heterocycles. The minimum Gasteiger partial charge on any atom is -0.476 e. The number of para-hydroxylation sites is 1. The van der Waals surface area contributed by atoms with Crippen molar-refractivity contribution in [2.45, 2.75) is 19.9 Å². The first-order valence-electron chi connectivity index (χ1n) is 8.47. The number of hydrogen-bond acceptors (Lipinski definition) is 4. The van der Waals surface area contributed by atoms with Crippen molar-refractivity contribution in [1.29, 1.82) is 0 Å². The molecule has 1 aromatic carbocycles. The zero-order valence-corrected chi connectivity index (χ0v) is 14.5. The first-order valence-corrected chi connectivity index (χ1v) is 8.47. The van der Waals surface area contributed by atoms with E-state index in [4.69, 9.17) is 5.11 Å². The third kappa shape index (κ3) is 3.44. The molecular formula is C18H20N4O4. The van der Waals surface area contributed by atoms with Gasteiger partial charge in [0, 0.05) is 31.4 Å². The van der Waals surface area contributed by atoms with Crippen LogP contribution in [0.4, 0.5) is 5.69 Å². The summed E-state index contributed by atoms with van der Waals surface area (Å²) in [6.45, 7) is 3.17. The zero-order valence-electron chi connectivity index (χ0n) is 14.5. The summed E-state index contributed by atoms with van der Waals surface area (Å²) in [5.41, 5.74) is 0.817. The molecule has 0 atom stereocenters. The first kappa shape index (κ1) is 17.7. The Hall–Kier alpha value is -3.16. The van der Waals surface area contributed by atoms with Crippen LogP contribution >= 0.6 is 0 Å². The van der Waals surface area contributed by atoms with Gasteiger partial charge >= 0.3 is 5.97 Å². The van der Waals surface area contributed by atoms with E-state index in [1.807, 2.05) is 37.3 Å². The summed E-state index contributed by atoms with van der Waals surface area (Å²) in [6, 6.07) is 10.5. The number of carbonyl (C=O) groups is 3. The molecule has 2 aromatic rings. The van der Waals surface area contributed by atoms with Gasteiger partial charge < -0.3 is 14.9 Å². The molecule has 1 aliphatic heterocycles. The average molecular weight is 356 g/mol. The van der Waals surface area contributed by atoms with Gasteiger partial charge in [0.1, 0.15) is 12.2 Å². The monoisotopic (exact) mass is 356 g/mol. The topological polar surface area (TPSA) is 95.7 Å². The predicted octanol–water partition coefficient (Wildman–Crippen LogP) is 1.48. The Morgan fingerprint density at radius 2 is 1.96 bits per heavy atom. The molecule has 0 bridgehead atoms. The number of fused-ring (bicyclic) bond motifs is 1. The first-order chi connectivity index (χ1) is 12.5. The van der Waals surface area contributed by atoms with E-state index in [9.17, 15) is 14.4 Å². The lowest BCUT2D eigenvalue weighted by Crippen LogP contribution is -2.43. The van der Waals surface area contributed by atoms with Crippen molar-refractivity contribution >= 4 is 23.5 Å². The van der Waals surface area contributed by atoms with Crippen molar-refractivity contribution in [2.75, 3.05) is 24.5 Å². The molecule has 136 valence electrons. The second-order valence-corrected chi connectivity index (χ2v) is 6.00. The number of benzene rings is 1. The van der Waals surface area contributed by atoms with Crippen LogP contribution in [0.5, 0.6) is 0 Å². The Morgan fingerprint density at radius 3 is 2.62 bits per heavy atom. The fourth-order valence-electron chi connectivity index (χ4n) is 3.05. The number of aromatic nitrogens is 2. The van der Waals surface area contributed by atoms with Gasteiger partial charge in [-0.25, -0.2) is 4.79 Å². The molecule has 3 rings (SSSR count). The van der Waals surface area contributed by atoms with Crippen LogP contribution in [0.15, 0.2) is 36.4 Å². The van der Waals surface area contributed by atoms with E-state index in [1.54, 1.807) is 4.90 Å². The molecule has 1 aliphatic rings. The third-order valence-corrected chi connectivity index (χ3v) is 4.31. The van der Waals surface area contributed by atoms with Gasteiger partial charge in [-0.15, -0.1) is 0 Å². The smallest absolute Gasteiger partial charge is 0.356 e. The Kier molecular flexibility index (Phi) is 5.01. The van der Waals surface area contributed by atoms with Crippen LogP contribution in [0.3, 0.4) is 0 Å². The van der Waals surface area contributed by atoms with Crippen LogP contribution < -0.4 is 4.90 Å². The standard InChI is InChI=1S/C18H20N4O4/c1-2-21(13-7-4-3-5-8-13)16(23)12-20-9-6-10-22-15(17(20)24)11-14(19-22)18(25)26/h3-5,7-8,11H,2,6,9-10,12H2,1H3,(H,25,26). The number of aromatic carboxylic acids is 1. The summed E-state index contributed by atoms with van der Waals surface area (Å²) in [7, 11) is 0. The Labute approximate surface area is 150 Å². The molecule has 8 heteroatoms. The maximum absolute atomic E-state index is 12.8. The molecule has 26 heavy (non-hydrogen) atoms. The SMILES string of the molecule is CCN(C(=O)CN1CCCn2nc(C(=O)O)cc2C1=O)c1ccccc1. The minimum absolute atomic E-state index is 0.0604. The fourth-order valence-corrected chi connectivity index (χ4v) is 3.05. The highest BCUT2D eigenvalue weighted by atomic mass is 16.4. The van der Waals surface area contributed by atoms with Crippen molar-refractivity contribution in [1.82, 2.24) is 14.7 Å². The summed E-state index contributed by atoms with van der Waals surface area (Å²) in [4.78, 5) is 39.7. The number of carbonyl (C=O) groups excluding carboxylic acids is 2. The van der Waals surface area contributed by atoms with Gasteiger partial charge in [-0.2, -0.15) is 5.10 Å². The van der Waals surface area contributed by atoms with E-state index < -0.39 is 5.97 Å². The largest absolute Gasteiger partial charge is 0.476 e. The lowest BCUT2D eigenvalue weighted by atomic mass is 10.2. The number of hydrogen-bond donors (Lipinski definition) is 1. The van der Waals surface area contributed by atoms with Crippen LogP contribution in [-0.2, 0) is 11.3 Å². The van der Waals surface area contributed by atoms with Crippen molar-refractivity contribution < 1.29 is 19.5 Å². The molecule has 0 saturated heterocycles. The second-order valence-electron chi connectivity index (χ2n) is 6.00. The summed E-state index contributed by atoms with van der Waals surface area (Å²) in [5, 5.41) is 13.0. The number of nitrogens with zero attached hydrogens (tertiary/aromatic N) is 4. The molecule has 0 unspecified atom stereocenters. The number of anilines is 1. The van der Waals surface area contributed by atoms with Crippen molar-refractivity contribution in [3.8, 4) is 0 Å². The summed E-state index contributed by atoms with van der Waals surface area (Å²) in [6.07, 6.45) is 0.601. The third-order valence-electron chi connectivity index (χ3n) is 4.31. The van der Waals surface area contributed by atoms with Crippen LogP contribution in [0.2, 0.25) is 0 Å². The number of carboxylic acids is 1. The number of carboxylic acid groups (broad SMARTS) is 1. The number of rotatable bonds is 5. The molecule has 0 spiro atoms. The van der Waals surface area contributed by atoms with Gasteiger partial charge in [-0.05, 0) is 25.5 Å². The van der Waals surface area contributed by atoms with E-state index >= 15 is 0 Å². The van der Waals surface area contributed by atoms with Gasteiger partial charge in [-0.3, -0.25) is 14.3 Å². The van der Waals surface area contributed by atoms with Gasteiger partial charge in [0.25, 0.3) is 5.91 Å². The van der Waals surface area contributed by atoms with E-state index in [0.717, 1.165) is 5.69 Å². The van der Waals surface area contributed by atoms with Gasteiger partial charge in [-0.1, -0.05) is 18.2 Å². The van der Waals surface area contributed by atoms with Crippen LogP contribution in [0, 0.1) is 0 Å². The van der Waals surface area contributed by atoms with E-state index in [-0.39, 0.29) is 29.7 Å². The van der Waals surface area contributed by atoms with E-state index in [0.29, 0.717) is 26.1 Å². The fraction of sp³-hybridized carbons (Fsp3) is 0.333.